The lowest BCUT2D eigenvalue weighted by molar-refractivity contribution is -0.131. The van der Waals surface area contributed by atoms with Crippen LogP contribution in [-0.2, 0) is 4.79 Å². The molecule has 5 heteroatoms. The molecule has 0 atom stereocenters. The summed E-state index contributed by atoms with van der Waals surface area (Å²) in [5, 5.41) is 0. The highest BCUT2D eigenvalue weighted by Crippen LogP contribution is 2.30. The highest BCUT2D eigenvalue weighted by atomic mass is 79.9. The molecule has 1 saturated carbocycles. The van der Waals surface area contributed by atoms with Gasteiger partial charge in [-0.25, -0.2) is 0 Å². The SMILES string of the molecule is CN(CCOc1ccc(Br)cc1)C(=O)CC1(N)CCCC1. The molecule has 1 aromatic carbocycles. The van der Waals surface area contributed by atoms with Crippen LogP contribution < -0.4 is 10.5 Å². The summed E-state index contributed by atoms with van der Waals surface area (Å²) in [6.07, 6.45) is 4.64. The topological polar surface area (TPSA) is 55.6 Å². The van der Waals surface area contributed by atoms with Gasteiger partial charge in [0, 0.05) is 23.5 Å². The first-order valence-corrected chi connectivity index (χ1v) is 8.19. The number of benzene rings is 1. The third-order valence-electron chi connectivity index (χ3n) is 4.04. The lowest BCUT2D eigenvalue weighted by atomic mass is 9.94. The third kappa shape index (κ3) is 5.00. The predicted molar refractivity (Wildman–Crippen MR) is 87.3 cm³/mol. The molecule has 1 aliphatic carbocycles. The van der Waals surface area contributed by atoms with Crippen molar-refractivity contribution in [2.45, 2.75) is 37.6 Å². The normalized spacial score (nSPS) is 16.7. The Hall–Kier alpha value is -1.07. The van der Waals surface area contributed by atoms with E-state index in [2.05, 4.69) is 15.9 Å². The Bertz CT molecular complexity index is 470. The van der Waals surface area contributed by atoms with Gasteiger partial charge in [0.2, 0.25) is 5.91 Å². The van der Waals surface area contributed by atoms with Gasteiger partial charge in [0.25, 0.3) is 0 Å². The van der Waals surface area contributed by atoms with Crippen molar-refractivity contribution in [3.05, 3.63) is 28.7 Å². The van der Waals surface area contributed by atoms with E-state index in [0.29, 0.717) is 19.6 Å². The van der Waals surface area contributed by atoms with Crippen molar-refractivity contribution in [1.29, 1.82) is 0 Å². The van der Waals surface area contributed by atoms with Crippen LogP contribution in [0.5, 0.6) is 5.75 Å². The molecule has 0 aromatic heterocycles. The van der Waals surface area contributed by atoms with Gasteiger partial charge in [-0.05, 0) is 37.1 Å². The van der Waals surface area contributed by atoms with Gasteiger partial charge in [-0.3, -0.25) is 4.79 Å². The minimum atomic E-state index is -0.280. The summed E-state index contributed by atoms with van der Waals surface area (Å²) in [7, 11) is 1.81. The van der Waals surface area contributed by atoms with Gasteiger partial charge < -0.3 is 15.4 Å². The molecular weight excluding hydrogens is 332 g/mol. The molecule has 1 amide bonds. The lowest BCUT2D eigenvalue weighted by Crippen LogP contribution is -2.43. The van der Waals surface area contributed by atoms with Crippen LogP contribution in [0.1, 0.15) is 32.1 Å². The number of hydrogen-bond donors (Lipinski definition) is 1. The standard InChI is InChI=1S/C16H23BrN2O2/c1-19(15(20)12-16(18)8-2-3-9-16)10-11-21-14-6-4-13(17)5-7-14/h4-7H,2-3,8-12,18H2,1H3. The first-order chi connectivity index (χ1) is 9.98. The molecule has 1 aliphatic rings. The van der Waals surface area contributed by atoms with Crippen LogP contribution in [0.3, 0.4) is 0 Å². The number of likely N-dealkylation sites (N-methyl/N-ethyl adjacent to an activating group) is 1. The number of halogens is 1. The van der Waals surface area contributed by atoms with Gasteiger partial charge in [0.15, 0.2) is 0 Å². The summed E-state index contributed by atoms with van der Waals surface area (Å²) < 4.78 is 6.65. The van der Waals surface area contributed by atoms with E-state index >= 15 is 0 Å². The molecule has 1 aromatic rings. The van der Waals surface area contributed by atoms with Crippen molar-refractivity contribution >= 4 is 21.8 Å². The third-order valence-corrected chi connectivity index (χ3v) is 4.57. The average molecular weight is 355 g/mol. The Morgan fingerprint density at radius 1 is 1.33 bits per heavy atom. The molecule has 0 aliphatic heterocycles. The summed E-state index contributed by atoms with van der Waals surface area (Å²) in [4.78, 5) is 13.9. The number of rotatable bonds is 6. The summed E-state index contributed by atoms with van der Waals surface area (Å²) >= 11 is 3.38. The largest absolute Gasteiger partial charge is 0.492 e. The second kappa shape index (κ2) is 7.27. The van der Waals surface area contributed by atoms with Crippen molar-refractivity contribution in [2.75, 3.05) is 20.2 Å². The van der Waals surface area contributed by atoms with Crippen molar-refractivity contribution in [2.24, 2.45) is 5.73 Å². The van der Waals surface area contributed by atoms with Gasteiger partial charge in [-0.15, -0.1) is 0 Å². The summed E-state index contributed by atoms with van der Waals surface area (Å²) in [6.45, 7) is 1.06. The average Bonchev–Trinajstić information content (AvgIpc) is 2.87. The Morgan fingerprint density at radius 2 is 1.95 bits per heavy atom. The molecule has 21 heavy (non-hydrogen) atoms. The van der Waals surface area contributed by atoms with Gasteiger partial charge in [-0.2, -0.15) is 0 Å². The monoisotopic (exact) mass is 354 g/mol. The zero-order valence-corrected chi connectivity index (χ0v) is 14.1. The number of hydrogen-bond acceptors (Lipinski definition) is 3. The predicted octanol–water partition coefficient (Wildman–Crippen LogP) is 2.95. The summed E-state index contributed by atoms with van der Waals surface area (Å²) in [5.41, 5.74) is 5.97. The highest BCUT2D eigenvalue weighted by Gasteiger charge is 2.32. The van der Waals surface area contributed by atoms with Crippen LogP contribution in [0.25, 0.3) is 0 Å². The molecule has 116 valence electrons. The molecular formula is C16H23BrN2O2. The Labute approximate surface area is 134 Å². The maximum atomic E-state index is 12.2. The number of amides is 1. The minimum absolute atomic E-state index is 0.110. The molecule has 0 unspecified atom stereocenters. The molecule has 0 saturated heterocycles. The Kier molecular flexibility index (Phi) is 5.65. The molecule has 0 spiro atoms. The highest BCUT2D eigenvalue weighted by molar-refractivity contribution is 9.10. The second-order valence-electron chi connectivity index (χ2n) is 5.86. The molecule has 2 rings (SSSR count). The first kappa shape index (κ1) is 16.3. The lowest BCUT2D eigenvalue weighted by Gasteiger charge is -2.26. The van der Waals surface area contributed by atoms with Crippen LogP contribution in [0.15, 0.2) is 28.7 Å². The maximum Gasteiger partial charge on any atom is 0.224 e. The molecule has 0 heterocycles. The number of nitrogens with two attached hydrogens (primary N) is 1. The van der Waals surface area contributed by atoms with E-state index in [1.807, 2.05) is 31.3 Å². The Morgan fingerprint density at radius 3 is 2.57 bits per heavy atom. The zero-order chi connectivity index (χ0) is 15.3. The van der Waals surface area contributed by atoms with E-state index in [9.17, 15) is 4.79 Å². The van der Waals surface area contributed by atoms with E-state index in [-0.39, 0.29) is 11.4 Å². The van der Waals surface area contributed by atoms with Gasteiger partial charge in [-0.1, -0.05) is 28.8 Å². The molecule has 4 nitrogen and oxygen atoms in total. The van der Waals surface area contributed by atoms with Crippen LogP contribution in [0, 0.1) is 0 Å². The van der Waals surface area contributed by atoms with Crippen LogP contribution in [-0.4, -0.2) is 36.5 Å². The van der Waals surface area contributed by atoms with E-state index in [1.165, 1.54) is 0 Å². The van der Waals surface area contributed by atoms with Gasteiger partial charge in [0.05, 0.1) is 6.54 Å². The molecule has 0 bridgehead atoms. The number of ether oxygens (including phenoxy) is 1. The molecule has 2 N–H and O–H groups in total. The van der Waals surface area contributed by atoms with E-state index in [0.717, 1.165) is 35.9 Å². The van der Waals surface area contributed by atoms with Crippen LogP contribution in [0.4, 0.5) is 0 Å². The van der Waals surface area contributed by atoms with Gasteiger partial charge >= 0.3 is 0 Å². The fraction of sp³-hybridized carbons (Fsp3) is 0.562. The minimum Gasteiger partial charge on any atom is -0.492 e. The Balaban J connectivity index is 1.72. The van der Waals surface area contributed by atoms with E-state index < -0.39 is 0 Å². The zero-order valence-electron chi connectivity index (χ0n) is 12.5. The maximum absolute atomic E-state index is 12.2. The second-order valence-corrected chi connectivity index (χ2v) is 6.78. The van der Waals surface area contributed by atoms with E-state index in [4.69, 9.17) is 10.5 Å². The van der Waals surface area contributed by atoms with Crippen molar-refractivity contribution in [3.63, 3.8) is 0 Å². The van der Waals surface area contributed by atoms with Crippen LogP contribution >= 0.6 is 15.9 Å². The summed E-state index contributed by atoms with van der Waals surface area (Å²) in [5.74, 6) is 0.920. The molecule has 0 radical (unpaired) electrons. The van der Waals surface area contributed by atoms with Crippen molar-refractivity contribution in [3.8, 4) is 5.75 Å². The number of carbonyl (C=O) groups excluding carboxylic acids is 1. The first-order valence-electron chi connectivity index (χ1n) is 7.40. The van der Waals surface area contributed by atoms with E-state index in [1.54, 1.807) is 4.90 Å². The quantitative estimate of drug-likeness (QED) is 0.854. The molecule has 1 fully saturated rings. The number of nitrogens with zero attached hydrogens (tertiary/aromatic N) is 1. The fourth-order valence-corrected chi connectivity index (χ4v) is 2.91. The number of carbonyl (C=O) groups is 1. The van der Waals surface area contributed by atoms with Crippen LogP contribution in [0.2, 0.25) is 0 Å². The summed E-state index contributed by atoms with van der Waals surface area (Å²) in [6, 6.07) is 7.67. The smallest absolute Gasteiger partial charge is 0.224 e. The van der Waals surface area contributed by atoms with Gasteiger partial charge in [0.1, 0.15) is 12.4 Å². The van der Waals surface area contributed by atoms with Crippen molar-refractivity contribution in [1.82, 2.24) is 4.90 Å². The van der Waals surface area contributed by atoms with Crippen molar-refractivity contribution < 1.29 is 9.53 Å². The fourth-order valence-electron chi connectivity index (χ4n) is 2.65.